The number of unbranched alkanes of at least 4 members (excludes halogenated alkanes) is 15. The van der Waals surface area contributed by atoms with Gasteiger partial charge >= 0.3 is 11.8 Å². The lowest BCUT2D eigenvalue weighted by Crippen LogP contribution is -2.36. The molecular weight excluding hydrogens is 300 g/mol. The summed E-state index contributed by atoms with van der Waals surface area (Å²) < 4.78 is 0. The van der Waals surface area contributed by atoms with Gasteiger partial charge < -0.3 is 11.1 Å². The van der Waals surface area contributed by atoms with Gasteiger partial charge in [0.15, 0.2) is 0 Å². The van der Waals surface area contributed by atoms with Gasteiger partial charge in [-0.1, -0.05) is 103 Å². The van der Waals surface area contributed by atoms with Crippen molar-refractivity contribution in [2.24, 2.45) is 5.73 Å². The summed E-state index contributed by atoms with van der Waals surface area (Å²) in [5.41, 5.74) is 4.86. The van der Waals surface area contributed by atoms with E-state index in [1.54, 1.807) is 0 Å². The highest BCUT2D eigenvalue weighted by molar-refractivity contribution is 6.34. The van der Waals surface area contributed by atoms with Crippen LogP contribution in [0, 0.1) is 0 Å². The Balaban J connectivity index is 3.05. The molecular formula is C20H40N2O2. The Morgan fingerprint density at radius 2 is 0.958 bits per heavy atom. The highest BCUT2D eigenvalue weighted by atomic mass is 16.2. The molecule has 0 radical (unpaired) electrons. The van der Waals surface area contributed by atoms with E-state index in [1.165, 1.54) is 89.9 Å². The van der Waals surface area contributed by atoms with Gasteiger partial charge in [0.25, 0.3) is 0 Å². The van der Waals surface area contributed by atoms with E-state index in [1.807, 2.05) is 0 Å². The number of carbonyl (C=O) groups excluding carboxylic acids is 2. The van der Waals surface area contributed by atoms with Gasteiger partial charge in [-0.2, -0.15) is 0 Å². The van der Waals surface area contributed by atoms with Gasteiger partial charge in [0.2, 0.25) is 0 Å². The topological polar surface area (TPSA) is 72.2 Å². The summed E-state index contributed by atoms with van der Waals surface area (Å²) in [6.45, 7) is 2.83. The monoisotopic (exact) mass is 340 g/mol. The quantitative estimate of drug-likeness (QED) is 0.293. The van der Waals surface area contributed by atoms with Crippen molar-refractivity contribution in [3.63, 3.8) is 0 Å². The van der Waals surface area contributed by atoms with E-state index in [0.717, 1.165) is 12.8 Å². The van der Waals surface area contributed by atoms with Crippen molar-refractivity contribution in [3.8, 4) is 0 Å². The van der Waals surface area contributed by atoms with Crippen molar-refractivity contribution in [1.82, 2.24) is 5.32 Å². The van der Waals surface area contributed by atoms with Crippen LogP contribution >= 0.6 is 0 Å². The maximum absolute atomic E-state index is 10.9. The van der Waals surface area contributed by atoms with Gasteiger partial charge in [-0.25, -0.2) is 0 Å². The fraction of sp³-hybridized carbons (Fsp3) is 0.900. The highest BCUT2D eigenvalue weighted by Gasteiger charge is 2.05. The first-order valence-electron chi connectivity index (χ1n) is 10.3. The second-order valence-corrected chi connectivity index (χ2v) is 6.92. The van der Waals surface area contributed by atoms with Crippen molar-refractivity contribution < 1.29 is 9.59 Å². The van der Waals surface area contributed by atoms with Crippen LogP contribution in [0.3, 0.4) is 0 Å². The molecule has 0 atom stereocenters. The Labute approximate surface area is 149 Å². The zero-order valence-corrected chi connectivity index (χ0v) is 15.9. The molecule has 0 unspecified atom stereocenters. The van der Waals surface area contributed by atoms with E-state index in [9.17, 15) is 9.59 Å². The summed E-state index contributed by atoms with van der Waals surface area (Å²) in [5, 5.41) is 2.52. The number of hydrogen-bond acceptors (Lipinski definition) is 2. The molecule has 2 amide bonds. The molecule has 4 nitrogen and oxygen atoms in total. The molecule has 0 fully saturated rings. The Hall–Kier alpha value is -1.06. The maximum atomic E-state index is 10.9. The largest absolute Gasteiger partial charge is 0.361 e. The standard InChI is InChI=1S/C20H40N2O2/c1-2-3-4-5-6-7-8-9-10-11-12-13-14-15-16-17-18-22-20(24)19(21)23/h2-18H2,1H3,(H2,21,23)(H,22,24). The van der Waals surface area contributed by atoms with Gasteiger partial charge in [-0.15, -0.1) is 0 Å². The summed E-state index contributed by atoms with van der Waals surface area (Å²) in [6, 6.07) is 0. The smallest absolute Gasteiger partial charge is 0.309 e. The van der Waals surface area contributed by atoms with Crippen LogP contribution in [-0.4, -0.2) is 18.4 Å². The zero-order valence-electron chi connectivity index (χ0n) is 15.9. The molecule has 0 aliphatic carbocycles. The maximum Gasteiger partial charge on any atom is 0.309 e. The van der Waals surface area contributed by atoms with Gasteiger partial charge in [0.05, 0.1) is 0 Å². The predicted octanol–water partition coefficient (Wildman–Crippen LogP) is 4.85. The zero-order chi connectivity index (χ0) is 17.9. The van der Waals surface area contributed by atoms with Crippen LogP contribution in [0.1, 0.15) is 110 Å². The Morgan fingerprint density at radius 3 is 1.29 bits per heavy atom. The van der Waals surface area contributed by atoms with Crippen molar-refractivity contribution in [3.05, 3.63) is 0 Å². The molecule has 142 valence electrons. The Bertz CT molecular complexity index is 306. The molecule has 0 aromatic carbocycles. The van der Waals surface area contributed by atoms with Crippen LogP contribution in [-0.2, 0) is 9.59 Å². The minimum atomic E-state index is -0.897. The molecule has 4 heteroatoms. The Morgan fingerprint density at radius 1 is 0.625 bits per heavy atom. The molecule has 0 aliphatic rings. The molecule has 0 rings (SSSR count). The van der Waals surface area contributed by atoms with E-state index in [4.69, 9.17) is 5.73 Å². The van der Waals surface area contributed by atoms with Gasteiger partial charge in [-0.3, -0.25) is 9.59 Å². The average Bonchev–Trinajstić information content (AvgIpc) is 2.57. The fourth-order valence-corrected chi connectivity index (χ4v) is 2.96. The third-order valence-electron chi connectivity index (χ3n) is 4.54. The third kappa shape index (κ3) is 17.3. The van der Waals surface area contributed by atoms with Crippen LogP contribution < -0.4 is 11.1 Å². The summed E-state index contributed by atoms with van der Waals surface area (Å²) in [7, 11) is 0. The lowest BCUT2D eigenvalue weighted by Gasteiger charge is -2.04. The molecule has 3 N–H and O–H groups in total. The minimum Gasteiger partial charge on any atom is -0.361 e. The van der Waals surface area contributed by atoms with Crippen LogP contribution in [0.5, 0.6) is 0 Å². The molecule has 0 bridgehead atoms. The minimum absolute atomic E-state index is 0.556. The third-order valence-corrected chi connectivity index (χ3v) is 4.54. The molecule has 0 spiro atoms. The number of primary amides is 1. The first-order chi connectivity index (χ1) is 11.7. The van der Waals surface area contributed by atoms with E-state index in [2.05, 4.69) is 12.2 Å². The number of carbonyl (C=O) groups is 2. The SMILES string of the molecule is CCCCCCCCCCCCCCCCCCNC(=O)C(N)=O. The number of amides is 2. The number of nitrogens with two attached hydrogens (primary N) is 1. The van der Waals surface area contributed by atoms with E-state index >= 15 is 0 Å². The van der Waals surface area contributed by atoms with Crippen LogP contribution in [0.4, 0.5) is 0 Å². The lowest BCUT2D eigenvalue weighted by atomic mass is 10.0. The van der Waals surface area contributed by atoms with Gasteiger partial charge in [0.1, 0.15) is 0 Å². The summed E-state index contributed by atoms with van der Waals surface area (Å²) in [4.78, 5) is 21.4. The Kier molecular flexibility index (Phi) is 17.5. The van der Waals surface area contributed by atoms with Crippen LogP contribution in [0.2, 0.25) is 0 Å². The number of nitrogens with one attached hydrogen (secondary N) is 1. The van der Waals surface area contributed by atoms with Crippen LogP contribution in [0.15, 0.2) is 0 Å². The molecule has 0 heterocycles. The van der Waals surface area contributed by atoms with Crippen molar-refractivity contribution in [2.45, 2.75) is 110 Å². The fourth-order valence-electron chi connectivity index (χ4n) is 2.96. The van der Waals surface area contributed by atoms with Crippen molar-refractivity contribution in [1.29, 1.82) is 0 Å². The summed E-state index contributed by atoms with van der Waals surface area (Å²) in [5.74, 6) is -1.57. The second-order valence-electron chi connectivity index (χ2n) is 6.92. The van der Waals surface area contributed by atoms with Gasteiger partial charge in [0, 0.05) is 6.54 Å². The van der Waals surface area contributed by atoms with Gasteiger partial charge in [-0.05, 0) is 6.42 Å². The molecule has 0 aliphatic heterocycles. The van der Waals surface area contributed by atoms with Crippen molar-refractivity contribution >= 4 is 11.8 Å². The first kappa shape index (κ1) is 22.9. The predicted molar refractivity (Wildman–Crippen MR) is 102 cm³/mol. The molecule has 0 aromatic heterocycles. The average molecular weight is 341 g/mol. The van der Waals surface area contributed by atoms with E-state index in [0.29, 0.717) is 6.54 Å². The normalized spacial score (nSPS) is 10.7. The van der Waals surface area contributed by atoms with E-state index < -0.39 is 11.8 Å². The lowest BCUT2D eigenvalue weighted by molar-refractivity contribution is -0.137. The highest BCUT2D eigenvalue weighted by Crippen LogP contribution is 2.13. The number of rotatable bonds is 17. The van der Waals surface area contributed by atoms with Crippen LogP contribution in [0.25, 0.3) is 0 Å². The first-order valence-corrected chi connectivity index (χ1v) is 10.3. The van der Waals surface area contributed by atoms with E-state index in [-0.39, 0.29) is 0 Å². The molecule has 24 heavy (non-hydrogen) atoms. The number of hydrogen-bond donors (Lipinski definition) is 2. The second kappa shape index (κ2) is 18.3. The van der Waals surface area contributed by atoms with Crippen molar-refractivity contribution in [2.75, 3.05) is 6.54 Å². The molecule has 0 saturated carbocycles. The summed E-state index contributed by atoms with van der Waals surface area (Å²) in [6.07, 6.45) is 21.3. The molecule has 0 saturated heterocycles. The summed E-state index contributed by atoms with van der Waals surface area (Å²) >= 11 is 0. The molecule has 0 aromatic rings.